The van der Waals surface area contributed by atoms with Gasteiger partial charge in [-0.05, 0) is 26.3 Å². The van der Waals surface area contributed by atoms with Crippen LogP contribution in [0.15, 0.2) is 24.3 Å². The molecule has 7 heteroatoms. The van der Waals surface area contributed by atoms with Crippen LogP contribution in [0.25, 0.3) is 0 Å². The number of rotatable bonds is 5. The van der Waals surface area contributed by atoms with Crippen LogP contribution in [0.2, 0.25) is 0 Å². The van der Waals surface area contributed by atoms with Crippen LogP contribution in [0, 0.1) is 6.92 Å². The Morgan fingerprint density at radius 3 is 2.28 bits per heavy atom. The maximum Gasteiger partial charge on any atom is 0.405 e. The highest BCUT2D eigenvalue weighted by atomic mass is 19.4. The summed E-state index contributed by atoms with van der Waals surface area (Å²) in [6.07, 6.45) is -4.38. The molecular weight excluding hydrogens is 331 g/mol. The minimum absolute atomic E-state index is 0.321. The Balaban J connectivity index is 2.05. The third-order valence-electron chi connectivity index (χ3n) is 4.77. The summed E-state index contributed by atoms with van der Waals surface area (Å²) in [4.78, 5) is 13.9. The number of aryl methyl sites for hydroxylation is 1. The van der Waals surface area contributed by atoms with Crippen molar-refractivity contribution in [1.82, 2.24) is 15.5 Å². The zero-order valence-corrected chi connectivity index (χ0v) is 14.9. The lowest BCUT2D eigenvalue weighted by Gasteiger charge is -2.36. The van der Waals surface area contributed by atoms with Crippen molar-refractivity contribution in [3.05, 3.63) is 35.4 Å². The largest absolute Gasteiger partial charge is 0.405 e. The Kier molecular flexibility index (Phi) is 6.11. The number of alkyl halides is 3. The predicted octanol–water partition coefficient (Wildman–Crippen LogP) is 2.22. The number of benzene rings is 1. The third kappa shape index (κ3) is 4.95. The number of amides is 1. The van der Waals surface area contributed by atoms with E-state index in [-0.39, 0.29) is 0 Å². The normalized spacial score (nSPS) is 18.0. The molecule has 1 heterocycles. The molecule has 1 amide bonds. The Labute approximate surface area is 146 Å². The second-order valence-electron chi connectivity index (χ2n) is 7.04. The van der Waals surface area contributed by atoms with Crippen molar-refractivity contribution in [3.8, 4) is 0 Å². The van der Waals surface area contributed by atoms with Crippen LogP contribution in [0.3, 0.4) is 0 Å². The predicted molar refractivity (Wildman–Crippen MR) is 91.5 cm³/mol. The SMILES string of the molecule is Cc1ccc(C(C)(C)C(=O)NCC(N2CCNCC2)C(F)(F)F)cc1. The molecule has 2 N–H and O–H groups in total. The van der Waals surface area contributed by atoms with Gasteiger partial charge in [0, 0.05) is 32.7 Å². The monoisotopic (exact) mass is 357 g/mol. The zero-order valence-electron chi connectivity index (χ0n) is 14.9. The van der Waals surface area contributed by atoms with E-state index in [1.54, 1.807) is 13.8 Å². The van der Waals surface area contributed by atoms with E-state index in [0.29, 0.717) is 26.2 Å². The van der Waals surface area contributed by atoms with Gasteiger partial charge in [-0.15, -0.1) is 0 Å². The van der Waals surface area contributed by atoms with E-state index in [1.165, 1.54) is 4.90 Å². The van der Waals surface area contributed by atoms with Gasteiger partial charge in [0.05, 0.1) is 5.41 Å². The molecular formula is C18H26F3N3O. The average Bonchev–Trinajstić information content (AvgIpc) is 2.55. The molecule has 0 aliphatic carbocycles. The van der Waals surface area contributed by atoms with E-state index in [1.807, 2.05) is 31.2 Å². The molecule has 1 aliphatic heterocycles. The minimum Gasteiger partial charge on any atom is -0.353 e. The van der Waals surface area contributed by atoms with E-state index in [0.717, 1.165) is 11.1 Å². The Morgan fingerprint density at radius 2 is 1.76 bits per heavy atom. The van der Waals surface area contributed by atoms with Crippen molar-refractivity contribution in [3.63, 3.8) is 0 Å². The first-order valence-electron chi connectivity index (χ1n) is 8.49. The molecule has 1 aromatic rings. The van der Waals surface area contributed by atoms with Crippen LogP contribution in [0.5, 0.6) is 0 Å². The number of halogens is 3. The van der Waals surface area contributed by atoms with Crippen molar-refractivity contribution in [2.45, 2.75) is 38.4 Å². The number of carbonyl (C=O) groups excluding carboxylic acids is 1. The quantitative estimate of drug-likeness (QED) is 0.849. The van der Waals surface area contributed by atoms with E-state index in [4.69, 9.17) is 0 Å². The van der Waals surface area contributed by atoms with Crippen LogP contribution < -0.4 is 10.6 Å². The fourth-order valence-corrected chi connectivity index (χ4v) is 2.96. The number of nitrogens with zero attached hydrogens (tertiary/aromatic N) is 1. The number of hydrogen-bond donors (Lipinski definition) is 2. The highest BCUT2D eigenvalue weighted by Crippen LogP contribution is 2.26. The molecule has 1 fully saturated rings. The first-order valence-corrected chi connectivity index (χ1v) is 8.49. The van der Waals surface area contributed by atoms with Gasteiger partial charge in [0.1, 0.15) is 6.04 Å². The summed E-state index contributed by atoms with van der Waals surface area (Å²) in [6.45, 7) is 6.64. The van der Waals surface area contributed by atoms with Gasteiger partial charge in [-0.1, -0.05) is 29.8 Å². The molecule has 140 valence electrons. The van der Waals surface area contributed by atoms with Gasteiger partial charge in [-0.25, -0.2) is 0 Å². The number of carbonyl (C=O) groups is 1. The highest BCUT2D eigenvalue weighted by molar-refractivity contribution is 5.87. The van der Waals surface area contributed by atoms with Gasteiger partial charge in [0.15, 0.2) is 0 Å². The molecule has 1 atom stereocenters. The van der Waals surface area contributed by atoms with Crippen LogP contribution in [0.1, 0.15) is 25.0 Å². The molecule has 0 radical (unpaired) electrons. The molecule has 0 aromatic heterocycles. The molecule has 1 unspecified atom stereocenters. The van der Waals surface area contributed by atoms with Gasteiger partial charge in [-0.2, -0.15) is 13.2 Å². The molecule has 0 bridgehead atoms. The number of hydrogen-bond acceptors (Lipinski definition) is 3. The summed E-state index contributed by atoms with van der Waals surface area (Å²) in [6, 6.07) is 5.80. The van der Waals surface area contributed by atoms with E-state index >= 15 is 0 Å². The number of nitrogens with one attached hydrogen (secondary N) is 2. The second kappa shape index (κ2) is 7.74. The second-order valence-corrected chi connectivity index (χ2v) is 7.04. The Hall–Kier alpha value is -1.60. The lowest BCUT2D eigenvalue weighted by molar-refractivity contribution is -0.184. The summed E-state index contributed by atoms with van der Waals surface area (Å²) in [7, 11) is 0. The fraction of sp³-hybridized carbons (Fsp3) is 0.611. The first kappa shape index (κ1) is 19.7. The van der Waals surface area contributed by atoms with Gasteiger partial charge < -0.3 is 10.6 Å². The Bertz CT molecular complexity index is 578. The summed E-state index contributed by atoms with van der Waals surface area (Å²) >= 11 is 0. The van der Waals surface area contributed by atoms with Crippen LogP contribution in [-0.2, 0) is 10.2 Å². The summed E-state index contributed by atoms with van der Waals surface area (Å²) in [5.41, 5.74) is 0.949. The van der Waals surface area contributed by atoms with Gasteiger partial charge in [0.25, 0.3) is 0 Å². The minimum atomic E-state index is -4.38. The summed E-state index contributed by atoms with van der Waals surface area (Å²) in [5, 5.41) is 5.56. The Morgan fingerprint density at radius 1 is 1.20 bits per heavy atom. The molecule has 1 aromatic carbocycles. The van der Waals surface area contributed by atoms with Crippen LogP contribution in [0.4, 0.5) is 13.2 Å². The summed E-state index contributed by atoms with van der Waals surface area (Å²) in [5.74, 6) is -0.402. The highest BCUT2D eigenvalue weighted by Gasteiger charge is 2.44. The lowest BCUT2D eigenvalue weighted by atomic mass is 9.83. The third-order valence-corrected chi connectivity index (χ3v) is 4.77. The maximum absolute atomic E-state index is 13.4. The molecule has 1 saturated heterocycles. The maximum atomic E-state index is 13.4. The molecule has 0 spiro atoms. The standard InChI is InChI=1S/C18H26F3N3O/c1-13-4-6-14(7-5-13)17(2,3)16(25)23-12-15(18(19,20)21)24-10-8-22-9-11-24/h4-7,15,22H,8-12H2,1-3H3,(H,23,25). The molecule has 4 nitrogen and oxygen atoms in total. The molecule has 25 heavy (non-hydrogen) atoms. The topological polar surface area (TPSA) is 44.4 Å². The van der Waals surface area contributed by atoms with E-state index in [2.05, 4.69) is 10.6 Å². The van der Waals surface area contributed by atoms with Crippen LogP contribution >= 0.6 is 0 Å². The molecule has 0 saturated carbocycles. The lowest BCUT2D eigenvalue weighted by Crippen LogP contribution is -2.58. The zero-order chi connectivity index (χ0) is 18.7. The van der Waals surface area contributed by atoms with Gasteiger partial charge in [0.2, 0.25) is 5.91 Å². The average molecular weight is 357 g/mol. The van der Waals surface area contributed by atoms with Crippen molar-refractivity contribution in [2.75, 3.05) is 32.7 Å². The van der Waals surface area contributed by atoms with Crippen molar-refractivity contribution in [1.29, 1.82) is 0 Å². The molecule has 2 rings (SSSR count). The fourth-order valence-electron chi connectivity index (χ4n) is 2.96. The van der Waals surface area contributed by atoms with Crippen molar-refractivity contribution in [2.24, 2.45) is 0 Å². The number of piperazine rings is 1. The van der Waals surface area contributed by atoms with Gasteiger partial charge >= 0.3 is 6.18 Å². The first-order chi connectivity index (χ1) is 11.6. The van der Waals surface area contributed by atoms with E-state index in [9.17, 15) is 18.0 Å². The smallest absolute Gasteiger partial charge is 0.353 e. The van der Waals surface area contributed by atoms with E-state index < -0.39 is 30.1 Å². The van der Waals surface area contributed by atoms with Gasteiger partial charge in [-0.3, -0.25) is 9.69 Å². The molecule has 1 aliphatic rings. The summed E-state index contributed by atoms with van der Waals surface area (Å²) < 4.78 is 40.2. The van der Waals surface area contributed by atoms with Crippen molar-refractivity contribution >= 4 is 5.91 Å². The van der Waals surface area contributed by atoms with Crippen molar-refractivity contribution < 1.29 is 18.0 Å². The van der Waals surface area contributed by atoms with Crippen LogP contribution in [-0.4, -0.2) is 55.7 Å².